The molecule has 0 aliphatic carbocycles. The van der Waals surface area contributed by atoms with E-state index in [1.54, 1.807) is 6.08 Å². The van der Waals surface area contributed by atoms with Crippen molar-refractivity contribution in [2.45, 2.75) is 51.8 Å². The van der Waals surface area contributed by atoms with Crippen molar-refractivity contribution in [1.29, 1.82) is 0 Å². The minimum atomic E-state index is -4.61. The monoisotopic (exact) mass is 417 g/mol. The highest BCUT2D eigenvalue weighted by molar-refractivity contribution is 5.82. The van der Waals surface area contributed by atoms with Crippen molar-refractivity contribution >= 4 is 5.90 Å². The molecule has 0 N–H and O–H groups in total. The van der Waals surface area contributed by atoms with Crippen LogP contribution in [0.4, 0.5) is 13.2 Å². The lowest BCUT2D eigenvalue weighted by Crippen LogP contribution is -2.31. The fourth-order valence-electron chi connectivity index (χ4n) is 2.90. The van der Waals surface area contributed by atoms with Crippen LogP contribution in [0.3, 0.4) is 0 Å². The van der Waals surface area contributed by atoms with Crippen LogP contribution in [0.25, 0.3) is 0 Å². The fraction of sp³-hybridized carbons (Fsp3) is 0.400. The molecule has 0 heterocycles. The molecule has 2 aromatic rings. The highest BCUT2D eigenvalue weighted by Crippen LogP contribution is 2.21. The third-order valence-corrected chi connectivity index (χ3v) is 4.54. The molecule has 0 unspecified atom stereocenters. The Morgan fingerprint density at radius 1 is 0.967 bits per heavy atom. The van der Waals surface area contributed by atoms with Crippen molar-refractivity contribution < 1.29 is 17.9 Å². The number of benzene rings is 2. The second-order valence-electron chi connectivity index (χ2n) is 7.67. The van der Waals surface area contributed by atoms with Gasteiger partial charge in [-0.25, -0.2) is 4.99 Å². The maximum Gasteiger partial charge on any atom is 0.468 e. The lowest BCUT2D eigenvalue weighted by atomic mass is 10.1. The topological polar surface area (TPSA) is 21.6 Å². The Balaban J connectivity index is 2.09. The number of allylic oxidation sites excluding steroid dienone is 1. The van der Waals surface area contributed by atoms with Gasteiger partial charge >= 0.3 is 6.18 Å². The average Bonchev–Trinajstić information content (AvgIpc) is 2.71. The Labute approximate surface area is 177 Å². The van der Waals surface area contributed by atoms with Crippen LogP contribution in [0.1, 0.15) is 37.8 Å². The number of aryl methyl sites for hydroxylation is 1. The van der Waals surface area contributed by atoms with Gasteiger partial charge < -0.3 is 4.74 Å². The average molecular weight is 418 g/mol. The van der Waals surface area contributed by atoms with E-state index in [0.29, 0.717) is 12.8 Å². The van der Waals surface area contributed by atoms with Gasteiger partial charge in [0.15, 0.2) is 0 Å². The maximum atomic E-state index is 13.5. The summed E-state index contributed by atoms with van der Waals surface area (Å²) in [7, 11) is 0. The van der Waals surface area contributed by atoms with E-state index in [1.165, 1.54) is 5.56 Å². The first kappa shape index (κ1) is 23.7. The molecule has 0 spiro atoms. The molecule has 2 rings (SSSR count). The van der Waals surface area contributed by atoms with E-state index < -0.39 is 18.2 Å². The molecule has 0 saturated heterocycles. The summed E-state index contributed by atoms with van der Waals surface area (Å²) in [6.07, 6.45) is 0.754. The molecular weight excluding hydrogens is 387 g/mol. The van der Waals surface area contributed by atoms with E-state index in [1.807, 2.05) is 80.6 Å². The standard InChI is InChI=1S/C25H30F3NO/c1-20(2)17-18-29-24(25(26,27)28)30-23(19-22-14-7-4-8-15-22)16-10-9-13-21-11-5-3-6-12-21/h3-8,10-12,14-16,20,23H,9,13,17-19H2,1-2H3/b16-10+,29-24?/t23-/m0/s1. The van der Waals surface area contributed by atoms with Crippen LogP contribution in [0.15, 0.2) is 77.8 Å². The van der Waals surface area contributed by atoms with Crippen LogP contribution in [-0.2, 0) is 17.6 Å². The molecule has 2 nitrogen and oxygen atoms in total. The third kappa shape index (κ3) is 9.29. The largest absolute Gasteiger partial charge is 0.468 e. The lowest BCUT2D eigenvalue weighted by molar-refractivity contribution is -0.0815. The number of aliphatic imine (C=N–C) groups is 1. The first-order valence-corrected chi connectivity index (χ1v) is 10.4. The number of hydrogen-bond acceptors (Lipinski definition) is 2. The number of halogens is 3. The zero-order valence-electron chi connectivity index (χ0n) is 17.6. The highest BCUT2D eigenvalue weighted by atomic mass is 19.4. The molecule has 0 radical (unpaired) electrons. The van der Waals surface area contributed by atoms with Gasteiger partial charge in [0.1, 0.15) is 6.10 Å². The summed E-state index contributed by atoms with van der Waals surface area (Å²) >= 11 is 0. The van der Waals surface area contributed by atoms with E-state index in [0.717, 1.165) is 18.4 Å². The molecule has 0 aromatic heterocycles. The zero-order valence-corrected chi connectivity index (χ0v) is 17.6. The van der Waals surface area contributed by atoms with Gasteiger partial charge in [0.05, 0.1) is 0 Å². The number of nitrogens with zero attached hydrogens (tertiary/aromatic N) is 1. The first-order chi connectivity index (χ1) is 14.3. The van der Waals surface area contributed by atoms with Crippen molar-refractivity contribution in [2.75, 3.05) is 6.54 Å². The van der Waals surface area contributed by atoms with Crippen molar-refractivity contribution in [1.82, 2.24) is 0 Å². The molecule has 0 bridgehead atoms. The van der Waals surface area contributed by atoms with Crippen molar-refractivity contribution in [3.05, 3.63) is 83.9 Å². The second kappa shape index (κ2) is 12.2. The number of alkyl halides is 3. The molecule has 5 heteroatoms. The zero-order chi connectivity index (χ0) is 21.8. The Kier molecular flexibility index (Phi) is 9.65. The summed E-state index contributed by atoms with van der Waals surface area (Å²) < 4.78 is 45.8. The van der Waals surface area contributed by atoms with Gasteiger partial charge in [0.25, 0.3) is 5.90 Å². The molecular formula is C25H30F3NO. The Morgan fingerprint density at radius 3 is 2.13 bits per heavy atom. The summed E-state index contributed by atoms with van der Waals surface area (Å²) in [4.78, 5) is 3.73. The van der Waals surface area contributed by atoms with Crippen LogP contribution in [0.5, 0.6) is 0 Å². The molecule has 1 atom stereocenters. The highest BCUT2D eigenvalue weighted by Gasteiger charge is 2.39. The van der Waals surface area contributed by atoms with Gasteiger partial charge in [-0.05, 0) is 42.4 Å². The SMILES string of the molecule is CC(C)CCN=C(O[C@@H](/C=C/CCc1ccccc1)Cc1ccccc1)C(F)(F)F. The van der Waals surface area contributed by atoms with Gasteiger partial charge in [0, 0.05) is 13.0 Å². The number of hydrogen-bond donors (Lipinski definition) is 0. The summed E-state index contributed by atoms with van der Waals surface area (Å²) in [5.74, 6) is -0.863. The van der Waals surface area contributed by atoms with Crippen LogP contribution in [0.2, 0.25) is 0 Å². The minimum Gasteiger partial charge on any atom is -0.467 e. The summed E-state index contributed by atoms with van der Waals surface area (Å²) in [6.45, 7) is 4.01. The smallest absolute Gasteiger partial charge is 0.467 e. The molecule has 0 aliphatic heterocycles. The quantitative estimate of drug-likeness (QED) is 0.236. The number of ether oxygens (including phenoxy) is 1. The van der Waals surface area contributed by atoms with Crippen LogP contribution in [0, 0.1) is 5.92 Å². The predicted molar refractivity (Wildman–Crippen MR) is 117 cm³/mol. The molecule has 2 aromatic carbocycles. The van der Waals surface area contributed by atoms with Crippen LogP contribution < -0.4 is 0 Å². The molecule has 162 valence electrons. The van der Waals surface area contributed by atoms with E-state index in [9.17, 15) is 13.2 Å². The van der Waals surface area contributed by atoms with Gasteiger partial charge in [-0.1, -0.05) is 80.6 Å². The van der Waals surface area contributed by atoms with Crippen LogP contribution >= 0.6 is 0 Å². The maximum absolute atomic E-state index is 13.5. The van der Waals surface area contributed by atoms with Crippen molar-refractivity contribution in [2.24, 2.45) is 10.9 Å². The normalized spacial score (nSPS) is 13.7. The van der Waals surface area contributed by atoms with E-state index in [2.05, 4.69) is 4.99 Å². The fourth-order valence-corrected chi connectivity index (χ4v) is 2.90. The number of rotatable bonds is 10. The Morgan fingerprint density at radius 2 is 1.57 bits per heavy atom. The van der Waals surface area contributed by atoms with Gasteiger partial charge in [-0.3, -0.25) is 0 Å². The van der Waals surface area contributed by atoms with Crippen LogP contribution in [-0.4, -0.2) is 24.7 Å². The predicted octanol–water partition coefficient (Wildman–Crippen LogP) is 6.81. The van der Waals surface area contributed by atoms with Crippen molar-refractivity contribution in [3.8, 4) is 0 Å². The lowest BCUT2D eigenvalue weighted by Gasteiger charge is -2.19. The molecule has 0 aliphatic rings. The van der Waals surface area contributed by atoms with E-state index in [4.69, 9.17) is 4.74 Å². The summed E-state index contributed by atoms with van der Waals surface area (Å²) in [5, 5.41) is 0. The third-order valence-electron chi connectivity index (χ3n) is 4.54. The second-order valence-corrected chi connectivity index (χ2v) is 7.67. The van der Waals surface area contributed by atoms with Gasteiger partial charge in [-0.2, -0.15) is 13.2 Å². The Bertz CT molecular complexity index is 783. The molecule has 0 fully saturated rings. The molecule has 0 amide bonds. The Hall–Kier alpha value is -2.56. The van der Waals surface area contributed by atoms with E-state index in [-0.39, 0.29) is 12.5 Å². The van der Waals surface area contributed by atoms with E-state index >= 15 is 0 Å². The summed E-state index contributed by atoms with van der Waals surface area (Å²) in [5.41, 5.74) is 2.10. The summed E-state index contributed by atoms with van der Waals surface area (Å²) in [6, 6.07) is 19.4. The van der Waals surface area contributed by atoms with Crippen molar-refractivity contribution in [3.63, 3.8) is 0 Å². The molecule has 30 heavy (non-hydrogen) atoms. The van der Waals surface area contributed by atoms with Gasteiger partial charge in [0.2, 0.25) is 0 Å². The first-order valence-electron chi connectivity index (χ1n) is 10.4. The minimum absolute atomic E-state index is 0.0995. The van der Waals surface area contributed by atoms with Gasteiger partial charge in [-0.15, -0.1) is 0 Å². The molecule has 0 saturated carbocycles.